The average Bonchev–Trinajstić information content (AvgIpc) is 2.38. The van der Waals surface area contributed by atoms with Crippen LogP contribution in [0.4, 0.5) is 11.4 Å². The Morgan fingerprint density at radius 3 is 2.11 bits per heavy atom. The third kappa shape index (κ3) is 3.17. The van der Waals surface area contributed by atoms with Crippen molar-refractivity contribution < 1.29 is 5.11 Å². The van der Waals surface area contributed by atoms with Crippen LogP contribution in [0.2, 0.25) is 0 Å². The first kappa shape index (κ1) is 12.3. The van der Waals surface area contributed by atoms with Gasteiger partial charge in [0.05, 0.1) is 0 Å². The lowest BCUT2D eigenvalue weighted by atomic mass is 10.2. The molecule has 2 rings (SSSR count). The molecule has 0 radical (unpaired) electrons. The molecular weight excluding hydrogens is 224 g/mol. The summed E-state index contributed by atoms with van der Waals surface area (Å²) in [6.07, 6.45) is 0. The largest absolute Gasteiger partial charge is 0.508 e. The van der Waals surface area contributed by atoms with Gasteiger partial charge in [0, 0.05) is 32.0 Å². The van der Waals surface area contributed by atoms with Crippen molar-refractivity contribution >= 4 is 11.4 Å². The van der Waals surface area contributed by atoms with E-state index in [-0.39, 0.29) is 0 Å². The Bertz CT molecular complexity index is 489. The molecule has 2 N–H and O–H groups in total. The van der Waals surface area contributed by atoms with Crippen molar-refractivity contribution in [1.82, 2.24) is 0 Å². The van der Waals surface area contributed by atoms with Gasteiger partial charge >= 0.3 is 0 Å². The summed E-state index contributed by atoms with van der Waals surface area (Å²) in [6, 6.07) is 15.5. The molecule has 3 nitrogen and oxygen atoms in total. The second-order valence-corrected chi connectivity index (χ2v) is 4.46. The van der Waals surface area contributed by atoms with Crippen molar-refractivity contribution in [2.45, 2.75) is 6.54 Å². The smallest absolute Gasteiger partial charge is 0.115 e. The number of benzene rings is 2. The van der Waals surface area contributed by atoms with Gasteiger partial charge in [-0.05, 0) is 42.0 Å². The lowest BCUT2D eigenvalue weighted by Gasteiger charge is -2.13. The summed E-state index contributed by atoms with van der Waals surface area (Å²) in [4.78, 5) is 2.07. The highest BCUT2D eigenvalue weighted by molar-refractivity contribution is 5.54. The van der Waals surface area contributed by atoms with E-state index in [1.807, 2.05) is 26.2 Å². The highest BCUT2D eigenvalue weighted by Gasteiger charge is 1.97. The van der Waals surface area contributed by atoms with Crippen LogP contribution in [-0.2, 0) is 6.54 Å². The number of nitrogens with zero attached hydrogens (tertiary/aromatic N) is 1. The fraction of sp³-hybridized carbons (Fsp3) is 0.200. The predicted molar refractivity (Wildman–Crippen MR) is 76.2 cm³/mol. The van der Waals surface area contributed by atoms with Gasteiger partial charge in [0.2, 0.25) is 0 Å². The minimum atomic E-state index is 0.300. The molecule has 3 heteroatoms. The van der Waals surface area contributed by atoms with Gasteiger partial charge in [0.15, 0.2) is 0 Å². The number of anilines is 2. The Kier molecular flexibility index (Phi) is 3.72. The van der Waals surface area contributed by atoms with Crippen LogP contribution in [0.25, 0.3) is 0 Å². The maximum Gasteiger partial charge on any atom is 0.115 e. The van der Waals surface area contributed by atoms with E-state index in [1.165, 1.54) is 5.69 Å². The standard InChI is InChI=1S/C15H18N2O/c1-17(2)14-7-5-13(6-8-14)16-11-12-3-9-15(18)10-4-12/h3-10,16,18H,11H2,1-2H3. The monoisotopic (exact) mass is 242 g/mol. The van der Waals surface area contributed by atoms with E-state index in [0.717, 1.165) is 17.8 Å². The fourth-order valence-electron chi connectivity index (χ4n) is 1.70. The molecule has 0 saturated heterocycles. The third-order valence-electron chi connectivity index (χ3n) is 2.82. The summed E-state index contributed by atoms with van der Waals surface area (Å²) in [5.41, 5.74) is 3.42. The summed E-state index contributed by atoms with van der Waals surface area (Å²) in [5, 5.41) is 12.5. The lowest BCUT2D eigenvalue weighted by Crippen LogP contribution is -2.08. The number of hydrogen-bond acceptors (Lipinski definition) is 3. The van der Waals surface area contributed by atoms with Crippen LogP contribution in [0.1, 0.15) is 5.56 Å². The molecule has 0 atom stereocenters. The molecule has 18 heavy (non-hydrogen) atoms. The highest BCUT2D eigenvalue weighted by atomic mass is 16.3. The first-order valence-electron chi connectivity index (χ1n) is 5.94. The summed E-state index contributed by atoms with van der Waals surface area (Å²) in [6.45, 7) is 0.752. The van der Waals surface area contributed by atoms with Gasteiger partial charge in [-0.25, -0.2) is 0 Å². The van der Waals surface area contributed by atoms with E-state index in [0.29, 0.717) is 5.75 Å². The molecule has 0 aliphatic rings. The normalized spacial score (nSPS) is 10.1. The third-order valence-corrected chi connectivity index (χ3v) is 2.82. The number of phenolic OH excluding ortho intramolecular Hbond substituents is 1. The number of rotatable bonds is 4. The molecule has 0 aromatic heterocycles. The molecular formula is C15H18N2O. The molecule has 0 aliphatic heterocycles. The van der Waals surface area contributed by atoms with E-state index >= 15 is 0 Å². The minimum Gasteiger partial charge on any atom is -0.508 e. The van der Waals surface area contributed by atoms with Crippen LogP contribution >= 0.6 is 0 Å². The van der Waals surface area contributed by atoms with E-state index < -0.39 is 0 Å². The summed E-state index contributed by atoms with van der Waals surface area (Å²) in [5.74, 6) is 0.300. The number of phenols is 1. The van der Waals surface area contributed by atoms with Gasteiger partial charge in [-0.1, -0.05) is 12.1 Å². The van der Waals surface area contributed by atoms with Gasteiger partial charge in [-0.3, -0.25) is 0 Å². The molecule has 2 aromatic rings. The SMILES string of the molecule is CN(C)c1ccc(NCc2ccc(O)cc2)cc1. The average molecular weight is 242 g/mol. The molecule has 0 spiro atoms. The molecule has 94 valence electrons. The maximum absolute atomic E-state index is 9.20. The van der Waals surface area contributed by atoms with E-state index in [4.69, 9.17) is 0 Å². The summed E-state index contributed by atoms with van der Waals surface area (Å²) >= 11 is 0. The van der Waals surface area contributed by atoms with E-state index in [1.54, 1.807) is 12.1 Å². The molecule has 0 saturated carbocycles. The minimum absolute atomic E-state index is 0.300. The van der Waals surface area contributed by atoms with Gasteiger partial charge in [0.25, 0.3) is 0 Å². The maximum atomic E-state index is 9.20. The molecule has 0 fully saturated rings. The Labute approximate surface area is 108 Å². The zero-order chi connectivity index (χ0) is 13.0. The lowest BCUT2D eigenvalue weighted by molar-refractivity contribution is 0.475. The molecule has 2 aromatic carbocycles. The fourth-order valence-corrected chi connectivity index (χ4v) is 1.70. The quantitative estimate of drug-likeness (QED) is 0.865. The van der Waals surface area contributed by atoms with Crippen LogP contribution in [0, 0.1) is 0 Å². The van der Waals surface area contributed by atoms with Crippen molar-refractivity contribution in [1.29, 1.82) is 0 Å². The van der Waals surface area contributed by atoms with Gasteiger partial charge in [0.1, 0.15) is 5.75 Å². The molecule has 0 aliphatic carbocycles. The van der Waals surface area contributed by atoms with Crippen molar-refractivity contribution in [3.63, 3.8) is 0 Å². The summed E-state index contributed by atoms with van der Waals surface area (Å²) < 4.78 is 0. The van der Waals surface area contributed by atoms with Crippen molar-refractivity contribution in [3.05, 3.63) is 54.1 Å². The molecule has 0 bridgehead atoms. The van der Waals surface area contributed by atoms with Crippen LogP contribution in [0.5, 0.6) is 5.75 Å². The summed E-state index contributed by atoms with van der Waals surface area (Å²) in [7, 11) is 4.05. The zero-order valence-electron chi connectivity index (χ0n) is 10.7. The van der Waals surface area contributed by atoms with Crippen LogP contribution in [0.15, 0.2) is 48.5 Å². The molecule has 0 heterocycles. The van der Waals surface area contributed by atoms with E-state index in [2.05, 4.69) is 34.5 Å². The Balaban J connectivity index is 1.95. The number of nitrogens with one attached hydrogen (secondary N) is 1. The van der Waals surface area contributed by atoms with E-state index in [9.17, 15) is 5.11 Å². The topological polar surface area (TPSA) is 35.5 Å². The highest BCUT2D eigenvalue weighted by Crippen LogP contribution is 2.17. The van der Waals surface area contributed by atoms with Crippen molar-refractivity contribution in [2.24, 2.45) is 0 Å². The predicted octanol–water partition coefficient (Wildman–Crippen LogP) is 3.07. The second kappa shape index (κ2) is 5.45. The number of hydrogen-bond donors (Lipinski definition) is 2. The Morgan fingerprint density at radius 1 is 0.944 bits per heavy atom. The Morgan fingerprint density at radius 2 is 1.56 bits per heavy atom. The first-order chi connectivity index (χ1) is 8.65. The first-order valence-corrected chi connectivity index (χ1v) is 5.94. The Hall–Kier alpha value is -2.16. The van der Waals surface area contributed by atoms with Crippen molar-refractivity contribution in [3.8, 4) is 5.75 Å². The molecule has 0 unspecified atom stereocenters. The van der Waals surface area contributed by atoms with Crippen molar-refractivity contribution in [2.75, 3.05) is 24.3 Å². The number of aromatic hydroxyl groups is 1. The van der Waals surface area contributed by atoms with Crippen LogP contribution in [-0.4, -0.2) is 19.2 Å². The molecule has 0 amide bonds. The van der Waals surface area contributed by atoms with Gasteiger partial charge in [-0.2, -0.15) is 0 Å². The second-order valence-electron chi connectivity index (χ2n) is 4.46. The van der Waals surface area contributed by atoms with Crippen LogP contribution in [0.3, 0.4) is 0 Å². The van der Waals surface area contributed by atoms with Gasteiger partial charge in [-0.15, -0.1) is 0 Å². The van der Waals surface area contributed by atoms with Crippen LogP contribution < -0.4 is 10.2 Å². The van der Waals surface area contributed by atoms with Gasteiger partial charge < -0.3 is 15.3 Å². The zero-order valence-corrected chi connectivity index (χ0v) is 10.7.